The van der Waals surface area contributed by atoms with Gasteiger partial charge in [0.25, 0.3) is 0 Å². The molecule has 0 amide bonds. The first kappa shape index (κ1) is 26.0. The molecule has 0 saturated heterocycles. The Balaban J connectivity index is 4.54. The molecule has 0 aliphatic heterocycles. The fraction of sp³-hybridized carbons (Fsp3) is 0.840. The van der Waals surface area contributed by atoms with Gasteiger partial charge >= 0.3 is 0 Å². The Morgan fingerprint density at radius 3 is 1.81 bits per heavy atom. The summed E-state index contributed by atoms with van der Waals surface area (Å²) in [4.78, 5) is 0. The van der Waals surface area contributed by atoms with Crippen molar-refractivity contribution in [3.63, 3.8) is 0 Å². The summed E-state index contributed by atoms with van der Waals surface area (Å²) in [6.45, 7) is 21.3. The van der Waals surface area contributed by atoms with Gasteiger partial charge in [0.15, 0.2) is 0 Å². The molecule has 0 nitrogen and oxygen atoms in total. The number of hydrogen-bond acceptors (Lipinski definition) is 0. The molecule has 154 valence electrons. The maximum atomic E-state index is 3.71. The van der Waals surface area contributed by atoms with Gasteiger partial charge in [-0.25, -0.2) is 0 Å². The van der Waals surface area contributed by atoms with E-state index in [0.717, 1.165) is 5.33 Å². The molecule has 0 saturated carbocycles. The molecule has 0 aromatic carbocycles. The second-order valence-electron chi connectivity index (χ2n) is 11.1. The van der Waals surface area contributed by atoms with Crippen molar-refractivity contribution in [2.24, 2.45) is 16.2 Å². The van der Waals surface area contributed by atoms with Crippen LogP contribution in [-0.2, 0) is 0 Å². The van der Waals surface area contributed by atoms with E-state index in [0.29, 0.717) is 16.2 Å². The molecular weight excluding hydrogens is 380 g/mol. The standard InChI is InChI=1S/C25H47Br/c1-10-15-24(6,7)18-21(2)13-11-17-25(8,9)19-22(20-26)14-12-16-23(3,4)5/h13-14H,10-12,15-20H2,1-9H3/b21-13+,22-14-. The second kappa shape index (κ2) is 11.7. The van der Waals surface area contributed by atoms with E-state index in [9.17, 15) is 0 Å². The quantitative estimate of drug-likeness (QED) is 0.215. The summed E-state index contributed by atoms with van der Waals surface area (Å²) in [6, 6.07) is 0. The first-order valence-corrected chi connectivity index (χ1v) is 11.8. The van der Waals surface area contributed by atoms with E-state index in [1.54, 1.807) is 11.1 Å². The Morgan fingerprint density at radius 1 is 0.769 bits per heavy atom. The van der Waals surface area contributed by atoms with Gasteiger partial charge < -0.3 is 0 Å². The van der Waals surface area contributed by atoms with E-state index in [1.165, 1.54) is 51.4 Å². The normalized spacial score (nSPS) is 14.8. The molecule has 0 atom stereocenters. The minimum absolute atomic E-state index is 0.372. The summed E-state index contributed by atoms with van der Waals surface area (Å²) in [6.07, 6.45) is 15.0. The average molecular weight is 428 g/mol. The molecule has 0 aliphatic rings. The largest absolute Gasteiger partial charge is 0.0880 e. The Hall–Kier alpha value is -0.0400. The predicted octanol–water partition coefficient (Wildman–Crippen LogP) is 9.49. The molecule has 0 rings (SSSR count). The van der Waals surface area contributed by atoms with E-state index in [4.69, 9.17) is 0 Å². The second-order valence-corrected chi connectivity index (χ2v) is 11.7. The fourth-order valence-electron chi connectivity index (χ4n) is 3.89. The van der Waals surface area contributed by atoms with Gasteiger partial charge in [-0.05, 0) is 68.1 Å². The number of allylic oxidation sites excluding steroid dienone is 4. The van der Waals surface area contributed by atoms with Crippen molar-refractivity contribution in [1.29, 1.82) is 0 Å². The maximum Gasteiger partial charge on any atom is 0.0242 e. The van der Waals surface area contributed by atoms with Crippen molar-refractivity contribution >= 4 is 15.9 Å². The van der Waals surface area contributed by atoms with E-state index >= 15 is 0 Å². The van der Waals surface area contributed by atoms with Crippen LogP contribution < -0.4 is 0 Å². The van der Waals surface area contributed by atoms with Gasteiger partial charge in [0.1, 0.15) is 0 Å². The Kier molecular flexibility index (Phi) is 11.7. The van der Waals surface area contributed by atoms with Crippen LogP contribution in [0.2, 0.25) is 0 Å². The van der Waals surface area contributed by atoms with Gasteiger partial charge in [0.05, 0.1) is 0 Å². The van der Waals surface area contributed by atoms with Gasteiger partial charge in [0, 0.05) is 5.33 Å². The molecule has 26 heavy (non-hydrogen) atoms. The zero-order chi connectivity index (χ0) is 20.4. The highest BCUT2D eigenvalue weighted by molar-refractivity contribution is 9.09. The average Bonchev–Trinajstić information content (AvgIpc) is 2.43. The van der Waals surface area contributed by atoms with Gasteiger partial charge in [-0.1, -0.05) is 101 Å². The summed E-state index contributed by atoms with van der Waals surface area (Å²) in [5.74, 6) is 0. The number of alkyl halides is 1. The van der Waals surface area contributed by atoms with Gasteiger partial charge in [-0.3, -0.25) is 0 Å². The molecule has 0 fully saturated rings. The summed E-state index contributed by atoms with van der Waals surface area (Å²) in [7, 11) is 0. The van der Waals surface area contributed by atoms with Crippen LogP contribution in [0.1, 0.15) is 114 Å². The minimum atomic E-state index is 0.372. The summed E-state index contributed by atoms with van der Waals surface area (Å²) in [5.41, 5.74) is 4.39. The van der Waals surface area contributed by atoms with Gasteiger partial charge in [0.2, 0.25) is 0 Å². The molecule has 0 radical (unpaired) electrons. The molecule has 1 heteroatoms. The summed E-state index contributed by atoms with van der Waals surface area (Å²) in [5, 5.41) is 1.01. The highest BCUT2D eigenvalue weighted by Gasteiger charge is 2.20. The zero-order valence-corrected chi connectivity index (χ0v) is 21.0. The molecule has 0 N–H and O–H groups in total. The van der Waals surface area contributed by atoms with Crippen LogP contribution in [0.5, 0.6) is 0 Å². The fourth-order valence-corrected chi connectivity index (χ4v) is 4.31. The summed E-state index contributed by atoms with van der Waals surface area (Å²) < 4.78 is 0. The van der Waals surface area contributed by atoms with Crippen molar-refractivity contribution in [2.45, 2.75) is 114 Å². The highest BCUT2D eigenvalue weighted by Crippen LogP contribution is 2.34. The molecule has 0 bridgehead atoms. The lowest BCUT2D eigenvalue weighted by molar-refractivity contribution is 0.323. The number of rotatable bonds is 12. The van der Waals surface area contributed by atoms with Crippen molar-refractivity contribution in [1.82, 2.24) is 0 Å². The van der Waals surface area contributed by atoms with E-state index in [-0.39, 0.29) is 0 Å². The third-order valence-electron chi connectivity index (χ3n) is 5.20. The van der Waals surface area contributed by atoms with Gasteiger partial charge in [-0.2, -0.15) is 0 Å². The lowest BCUT2D eigenvalue weighted by Crippen LogP contribution is -2.13. The first-order chi connectivity index (χ1) is 11.8. The van der Waals surface area contributed by atoms with Crippen molar-refractivity contribution in [3.05, 3.63) is 23.3 Å². The zero-order valence-electron chi connectivity index (χ0n) is 19.4. The topological polar surface area (TPSA) is 0 Å². The van der Waals surface area contributed by atoms with E-state index in [1.807, 2.05) is 0 Å². The third kappa shape index (κ3) is 14.1. The lowest BCUT2D eigenvalue weighted by Gasteiger charge is -2.26. The van der Waals surface area contributed by atoms with Crippen LogP contribution in [0.25, 0.3) is 0 Å². The first-order valence-electron chi connectivity index (χ1n) is 10.7. The maximum absolute atomic E-state index is 3.71. The number of halogens is 1. The van der Waals surface area contributed by atoms with Crippen molar-refractivity contribution < 1.29 is 0 Å². The molecule has 0 unspecified atom stereocenters. The third-order valence-corrected chi connectivity index (χ3v) is 5.92. The Morgan fingerprint density at radius 2 is 1.31 bits per heavy atom. The van der Waals surface area contributed by atoms with Crippen LogP contribution in [-0.4, -0.2) is 5.33 Å². The minimum Gasteiger partial charge on any atom is -0.0880 e. The predicted molar refractivity (Wildman–Crippen MR) is 125 cm³/mol. The highest BCUT2D eigenvalue weighted by atomic mass is 79.9. The SMILES string of the molecule is CCCC(C)(C)C/C(C)=C/CCC(C)(C)C/C(=C/CCC(C)(C)C)CBr. The monoisotopic (exact) mass is 426 g/mol. The van der Waals surface area contributed by atoms with E-state index < -0.39 is 0 Å². The van der Waals surface area contributed by atoms with Crippen LogP contribution in [0, 0.1) is 16.2 Å². The Labute approximate surface area is 174 Å². The molecule has 0 aromatic rings. The van der Waals surface area contributed by atoms with Crippen LogP contribution >= 0.6 is 15.9 Å². The van der Waals surface area contributed by atoms with Crippen molar-refractivity contribution in [2.75, 3.05) is 5.33 Å². The molecular formula is C25H47Br. The van der Waals surface area contributed by atoms with Crippen molar-refractivity contribution in [3.8, 4) is 0 Å². The molecule has 0 aliphatic carbocycles. The Bertz CT molecular complexity index is 443. The van der Waals surface area contributed by atoms with Crippen LogP contribution in [0.4, 0.5) is 0 Å². The van der Waals surface area contributed by atoms with Crippen LogP contribution in [0.3, 0.4) is 0 Å². The lowest BCUT2D eigenvalue weighted by atomic mass is 9.79. The van der Waals surface area contributed by atoms with Gasteiger partial charge in [-0.15, -0.1) is 0 Å². The smallest absolute Gasteiger partial charge is 0.0242 e. The van der Waals surface area contributed by atoms with E-state index in [2.05, 4.69) is 90.4 Å². The molecule has 0 spiro atoms. The summed E-state index contributed by atoms with van der Waals surface area (Å²) >= 11 is 3.71. The molecule has 0 heterocycles. The molecule has 0 aromatic heterocycles. The number of hydrogen-bond donors (Lipinski definition) is 0. The van der Waals surface area contributed by atoms with Crippen LogP contribution in [0.15, 0.2) is 23.3 Å².